The fourth-order valence-electron chi connectivity index (χ4n) is 2.84. The van der Waals surface area contributed by atoms with Crippen molar-refractivity contribution in [3.63, 3.8) is 0 Å². The third-order valence-corrected chi connectivity index (χ3v) is 4.71. The van der Waals surface area contributed by atoms with Gasteiger partial charge in [-0.2, -0.15) is 0 Å². The van der Waals surface area contributed by atoms with Crippen LogP contribution < -0.4 is 5.32 Å². The van der Waals surface area contributed by atoms with Crippen LogP contribution in [0.2, 0.25) is 10.0 Å². The number of carboxylic acids is 1. The lowest BCUT2D eigenvalue weighted by Gasteiger charge is -2.26. The average Bonchev–Trinajstić information content (AvgIpc) is 2.72. The van der Waals surface area contributed by atoms with Gasteiger partial charge in [0.05, 0.1) is 21.3 Å². The second-order valence-electron chi connectivity index (χ2n) is 6.04. The van der Waals surface area contributed by atoms with Crippen LogP contribution in [0.4, 0.5) is 5.69 Å². The van der Waals surface area contributed by atoms with Crippen molar-refractivity contribution in [1.82, 2.24) is 0 Å². The first-order chi connectivity index (χ1) is 9.72. The molecule has 0 saturated heterocycles. The predicted molar refractivity (Wildman–Crippen MR) is 83.2 cm³/mol. The highest BCUT2D eigenvalue weighted by molar-refractivity contribution is 6.40. The molecule has 1 aromatic carbocycles. The van der Waals surface area contributed by atoms with Crippen LogP contribution in [-0.2, 0) is 4.79 Å². The first-order valence-electron chi connectivity index (χ1n) is 6.75. The van der Waals surface area contributed by atoms with Gasteiger partial charge in [0.25, 0.3) is 0 Å². The number of carbonyl (C=O) groups is 2. The molecule has 6 heteroatoms. The van der Waals surface area contributed by atoms with Gasteiger partial charge in [-0.1, -0.05) is 43.5 Å². The molecule has 114 valence electrons. The van der Waals surface area contributed by atoms with Crippen molar-refractivity contribution in [1.29, 1.82) is 0 Å². The Morgan fingerprint density at radius 3 is 2.29 bits per heavy atom. The number of halogens is 2. The van der Waals surface area contributed by atoms with E-state index in [0.717, 1.165) is 19.3 Å². The van der Waals surface area contributed by atoms with Gasteiger partial charge < -0.3 is 10.4 Å². The second-order valence-corrected chi connectivity index (χ2v) is 6.86. The summed E-state index contributed by atoms with van der Waals surface area (Å²) in [6, 6.07) is 2.57. The van der Waals surface area contributed by atoms with Crippen LogP contribution in [0, 0.1) is 11.3 Å². The second kappa shape index (κ2) is 5.85. The molecule has 21 heavy (non-hydrogen) atoms. The maximum Gasteiger partial charge on any atom is 0.335 e. The summed E-state index contributed by atoms with van der Waals surface area (Å²) in [4.78, 5) is 23.3. The van der Waals surface area contributed by atoms with E-state index in [0.29, 0.717) is 0 Å². The largest absolute Gasteiger partial charge is 0.478 e. The lowest BCUT2D eigenvalue weighted by atomic mass is 9.81. The van der Waals surface area contributed by atoms with E-state index in [1.807, 2.05) is 0 Å². The molecule has 2 rings (SSSR count). The van der Waals surface area contributed by atoms with Crippen molar-refractivity contribution < 1.29 is 14.7 Å². The van der Waals surface area contributed by atoms with E-state index in [4.69, 9.17) is 28.3 Å². The number of carboxylic acid groups (broad SMARTS) is 1. The first-order valence-corrected chi connectivity index (χ1v) is 7.51. The van der Waals surface area contributed by atoms with Crippen molar-refractivity contribution >= 4 is 40.8 Å². The van der Waals surface area contributed by atoms with E-state index in [1.54, 1.807) is 0 Å². The van der Waals surface area contributed by atoms with Crippen molar-refractivity contribution in [2.24, 2.45) is 11.3 Å². The van der Waals surface area contributed by atoms with Gasteiger partial charge in [-0.25, -0.2) is 4.79 Å². The minimum Gasteiger partial charge on any atom is -0.478 e. The Morgan fingerprint density at radius 2 is 1.86 bits per heavy atom. The molecule has 1 amide bonds. The Labute approximate surface area is 133 Å². The van der Waals surface area contributed by atoms with Crippen molar-refractivity contribution in [2.45, 2.75) is 33.1 Å². The van der Waals surface area contributed by atoms with Crippen LogP contribution in [0.15, 0.2) is 12.1 Å². The minimum atomic E-state index is -1.12. The lowest BCUT2D eigenvalue weighted by Crippen LogP contribution is -2.31. The van der Waals surface area contributed by atoms with Crippen molar-refractivity contribution in [2.75, 3.05) is 5.32 Å². The van der Waals surface area contributed by atoms with Gasteiger partial charge in [0.1, 0.15) is 0 Å². The summed E-state index contributed by atoms with van der Waals surface area (Å²) >= 11 is 12.1. The zero-order valence-corrected chi connectivity index (χ0v) is 13.4. The topological polar surface area (TPSA) is 66.4 Å². The quantitative estimate of drug-likeness (QED) is 0.860. The SMILES string of the molecule is CC1(C)CCCC1C(=O)Nc1c(Cl)cc(C(=O)O)cc1Cl. The Balaban J connectivity index is 2.24. The molecule has 0 radical (unpaired) electrons. The molecule has 1 aliphatic carbocycles. The Bertz CT molecular complexity index is 576. The number of hydrogen-bond acceptors (Lipinski definition) is 2. The number of benzene rings is 1. The molecular formula is C15H17Cl2NO3. The van der Waals surface area contributed by atoms with Crippen LogP contribution in [0.5, 0.6) is 0 Å². The van der Waals surface area contributed by atoms with Crippen LogP contribution in [0.1, 0.15) is 43.5 Å². The van der Waals surface area contributed by atoms with Gasteiger partial charge >= 0.3 is 5.97 Å². The van der Waals surface area contributed by atoms with E-state index in [9.17, 15) is 9.59 Å². The normalized spacial score (nSPS) is 20.3. The van der Waals surface area contributed by atoms with Gasteiger partial charge in [0, 0.05) is 5.92 Å². The number of nitrogens with one attached hydrogen (secondary N) is 1. The van der Waals surface area contributed by atoms with Crippen LogP contribution in [0.25, 0.3) is 0 Å². The van der Waals surface area contributed by atoms with Crippen molar-refractivity contribution in [3.8, 4) is 0 Å². The third kappa shape index (κ3) is 3.33. The molecule has 1 aromatic rings. The predicted octanol–water partition coefficient (Wildman–Crippen LogP) is 4.46. The van der Waals surface area contributed by atoms with Crippen LogP contribution in [0.3, 0.4) is 0 Å². The molecule has 0 aliphatic heterocycles. The standard InChI is InChI=1S/C15H17Cl2NO3/c1-15(2)5-3-4-9(15)13(19)18-12-10(16)6-8(14(20)21)7-11(12)17/h6-7,9H,3-5H2,1-2H3,(H,18,19)(H,20,21). The average molecular weight is 330 g/mol. The summed E-state index contributed by atoms with van der Waals surface area (Å²) in [6.45, 7) is 4.14. The molecule has 1 fully saturated rings. The van der Waals surface area contributed by atoms with E-state index in [1.165, 1.54) is 12.1 Å². The molecule has 0 spiro atoms. The van der Waals surface area contributed by atoms with E-state index >= 15 is 0 Å². The highest BCUT2D eigenvalue weighted by atomic mass is 35.5. The summed E-state index contributed by atoms with van der Waals surface area (Å²) < 4.78 is 0. The van der Waals surface area contributed by atoms with E-state index < -0.39 is 5.97 Å². The fraction of sp³-hybridized carbons (Fsp3) is 0.467. The fourth-order valence-corrected chi connectivity index (χ4v) is 3.42. The highest BCUT2D eigenvalue weighted by Crippen LogP contribution is 2.43. The van der Waals surface area contributed by atoms with Crippen molar-refractivity contribution in [3.05, 3.63) is 27.7 Å². The Hall–Kier alpha value is -1.26. The number of hydrogen-bond donors (Lipinski definition) is 2. The first kappa shape index (κ1) is 16.1. The molecule has 1 saturated carbocycles. The molecular weight excluding hydrogens is 313 g/mol. The Morgan fingerprint density at radius 1 is 1.29 bits per heavy atom. The van der Waals surface area contributed by atoms with Gasteiger partial charge in [-0.3, -0.25) is 4.79 Å². The van der Waals surface area contributed by atoms with E-state index in [2.05, 4.69) is 19.2 Å². The minimum absolute atomic E-state index is 0.0100. The smallest absolute Gasteiger partial charge is 0.335 e. The van der Waals surface area contributed by atoms with Gasteiger partial charge in [-0.15, -0.1) is 0 Å². The van der Waals surface area contributed by atoms with E-state index in [-0.39, 0.29) is 38.5 Å². The monoisotopic (exact) mass is 329 g/mol. The summed E-state index contributed by atoms with van der Waals surface area (Å²) in [5.41, 5.74) is 0.213. The summed E-state index contributed by atoms with van der Waals surface area (Å²) in [5, 5.41) is 11.9. The Kier molecular flexibility index (Phi) is 4.49. The maximum atomic E-state index is 12.4. The zero-order chi connectivity index (χ0) is 15.8. The molecule has 2 N–H and O–H groups in total. The van der Waals surface area contributed by atoms with Crippen LogP contribution in [-0.4, -0.2) is 17.0 Å². The number of rotatable bonds is 3. The highest BCUT2D eigenvalue weighted by Gasteiger charge is 2.39. The summed E-state index contributed by atoms with van der Waals surface area (Å²) in [5.74, 6) is -1.33. The number of anilines is 1. The summed E-state index contributed by atoms with van der Waals surface area (Å²) in [6.07, 6.45) is 2.86. The molecule has 0 bridgehead atoms. The molecule has 1 atom stereocenters. The molecule has 0 heterocycles. The molecule has 0 aromatic heterocycles. The van der Waals surface area contributed by atoms with Crippen LogP contribution >= 0.6 is 23.2 Å². The zero-order valence-electron chi connectivity index (χ0n) is 11.9. The molecule has 4 nitrogen and oxygen atoms in total. The van der Waals surface area contributed by atoms with Gasteiger partial charge in [-0.05, 0) is 30.4 Å². The molecule has 1 aliphatic rings. The van der Waals surface area contributed by atoms with Gasteiger partial charge in [0.2, 0.25) is 5.91 Å². The lowest BCUT2D eigenvalue weighted by molar-refractivity contribution is -0.122. The van der Waals surface area contributed by atoms with Gasteiger partial charge in [0.15, 0.2) is 0 Å². The number of aromatic carboxylic acids is 1. The molecule has 1 unspecified atom stereocenters. The summed E-state index contributed by atoms with van der Waals surface area (Å²) in [7, 11) is 0. The third-order valence-electron chi connectivity index (χ3n) is 4.11. The maximum absolute atomic E-state index is 12.4. The number of carbonyl (C=O) groups excluding carboxylic acids is 1. The number of amides is 1.